The minimum Gasteiger partial charge on any atom is -0.494 e. The number of nitrogens with one attached hydrogen (secondary N) is 1. The minimum atomic E-state index is -0.210. The van der Waals surface area contributed by atoms with Crippen molar-refractivity contribution in [3.63, 3.8) is 0 Å². The molecule has 1 saturated heterocycles. The van der Waals surface area contributed by atoms with Crippen LogP contribution in [0.15, 0.2) is 24.3 Å². The molecule has 1 atom stereocenters. The van der Waals surface area contributed by atoms with Gasteiger partial charge in [0.25, 0.3) is 0 Å². The Balaban J connectivity index is 1.88. The molecule has 1 aliphatic heterocycles. The van der Waals surface area contributed by atoms with Crippen LogP contribution in [0, 0.1) is 0 Å². The summed E-state index contributed by atoms with van der Waals surface area (Å²) in [5, 5.41) is 3.28. The van der Waals surface area contributed by atoms with Crippen LogP contribution in [0.2, 0.25) is 0 Å². The van der Waals surface area contributed by atoms with Crippen LogP contribution in [0.4, 0.5) is 0 Å². The maximum atomic E-state index is 12.3. The van der Waals surface area contributed by atoms with Crippen molar-refractivity contribution < 1.29 is 14.3 Å². The fourth-order valence-corrected chi connectivity index (χ4v) is 2.35. The van der Waals surface area contributed by atoms with Crippen LogP contribution >= 0.6 is 0 Å². The van der Waals surface area contributed by atoms with E-state index in [1.165, 1.54) is 0 Å². The first kappa shape index (κ1) is 15.8. The molecule has 5 heteroatoms. The van der Waals surface area contributed by atoms with Crippen LogP contribution in [0.3, 0.4) is 0 Å². The first-order valence-electron chi connectivity index (χ1n) is 7.53. The van der Waals surface area contributed by atoms with Gasteiger partial charge in [-0.1, -0.05) is 18.2 Å². The zero-order chi connectivity index (χ0) is 15.1. The van der Waals surface area contributed by atoms with Crippen molar-refractivity contribution in [2.45, 2.75) is 26.4 Å². The molecule has 1 amide bonds. The number of amides is 1. The molecule has 0 aliphatic carbocycles. The lowest BCUT2D eigenvalue weighted by Crippen LogP contribution is -2.49. The van der Waals surface area contributed by atoms with Crippen LogP contribution in [-0.4, -0.2) is 49.8 Å². The Morgan fingerprint density at radius 1 is 1.38 bits per heavy atom. The molecule has 0 saturated carbocycles. The van der Waals surface area contributed by atoms with E-state index in [0.29, 0.717) is 39.5 Å². The van der Waals surface area contributed by atoms with Gasteiger partial charge < -0.3 is 19.7 Å². The summed E-state index contributed by atoms with van der Waals surface area (Å²) in [6.45, 7) is 7.75. The molecule has 0 spiro atoms. The minimum absolute atomic E-state index is 0.132. The number of morpholine rings is 1. The molecular formula is C16H24N2O3. The fourth-order valence-electron chi connectivity index (χ4n) is 2.35. The van der Waals surface area contributed by atoms with E-state index in [2.05, 4.69) is 5.32 Å². The Hall–Kier alpha value is -1.59. The second-order valence-corrected chi connectivity index (χ2v) is 5.08. The molecule has 0 aromatic heterocycles. The first-order valence-corrected chi connectivity index (χ1v) is 7.53. The Bertz CT molecular complexity index is 459. The van der Waals surface area contributed by atoms with Gasteiger partial charge in [-0.15, -0.1) is 0 Å². The number of benzene rings is 1. The zero-order valence-corrected chi connectivity index (χ0v) is 12.8. The van der Waals surface area contributed by atoms with Gasteiger partial charge >= 0.3 is 0 Å². The molecule has 1 aromatic rings. The van der Waals surface area contributed by atoms with Gasteiger partial charge in [0.15, 0.2) is 0 Å². The molecule has 21 heavy (non-hydrogen) atoms. The van der Waals surface area contributed by atoms with Crippen LogP contribution in [0.5, 0.6) is 5.75 Å². The lowest BCUT2D eigenvalue weighted by atomic mass is 10.2. The molecule has 2 rings (SSSR count). The monoisotopic (exact) mass is 292 g/mol. The van der Waals surface area contributed by atoms with Crippen molar-refractivity contribution in [3.05, 3.63) is 29.8 Å². The van der Waals surface area contributed by atoms with Crippen molar-refractivity contribution in [2.24, 2.45) is 0 Å². The molecule has 1 heterocycles. The number of nitrogens with zero attached hydrogens (tertiary/aromatic N) is 1. The molecule has 116 valence electrons. The lowest BCUT2D eigenvalue weighted by Gasteiger charge is -2.29. The van der Waals surface area contributed by atoms with Crippen molar-refractivity contribution in [2.75, 3.05) is 32.9 Å². The summed E-state index contributed by atoms with van der Waals surface area (Å²) in [6.07, 6.45) is 0. The number of ether oxygens (including phenoxy) is 2. The highest BCUT2D eigenvalue weighted by atomic mass is 16.5. The van der Waals surface area contributed by atoms with Crippen LogP contribution in [0.25, 0.3) is 0 Å². The molecule has 0 bridgehead atoms. The Kier molecular flexibility index (Phi) is 6.02. The third-order valence-electron chi connectivity index (χ3n) is 3.56. The highest BCUT2D eigenvalue weighted by Gasteiger charge is 2.22. The Morgan fingerprint density at radius 3 is 2.81 bits per heavy atom. The lowest BCUT2D eigenvalue weighted by molar-refractivity contribution is -0.137. The molecular weight excluding hydrogens is 268 g/mol. The smallest absolute Gasteiger partial charge is 0.239 e. The van der Waals surface area contributed by atoms with E-state index in [9.17, 15) is 4.79 Å². The molecule has 0 radical (unpaired) electrons. The summed E-state index contributed by atoms with van der Waals surface area (Å²) in [7, 11) is 0. The normalized spacial score (nSPS) is 16.6. The quantitative estimate of drug-likeness (QED) is 0.861. The number of hydrogen-bond acceptors (Lipinski definition) is 4. The highest BCUT2D eigenvalue weighted by molar-refractivity contribution is 5.81. The third-order valence-corrected chi connectivity index (χ3v) is 3.56. The van der Waals surface area contributed by atoms with Crippen LogP contribution in [-0.2, 0) is 16.1 Å². The first-order chi connectivity index (χ1) is 10.2. The van der Waals surface area contributed by atoms with Gasteiger partial charge in [-0.2, -0.15) is 0 Å². The van der Waals surface area contributed by atoms with Crippen molar-refractivity contribution in [3.8, 4) is 5.75 Å². The second-order valence-electron chi connectivity index (χ2n) is 5.08. The third kappa shape index (κ3) is 4.44. The number of para-hydroxylation sites is 1. The van der Waals surface area contributed by atoms with E-state index in [1.807, 2.05) is 43.0 Å². The summed E-state index contributed by atoms with van der Waals surface area (Å²) >= 11 is 0. The molecule has 5 nitrogen and oxygen atoms in total. The van der Waals surface area contributed by atoms with E-state index in [-0.39, 0.29) is 11.9 Å². The Labute approximate surface area is 126 Å². The van der Waals surface area contributed by atoms with Gasteiger partial charge in [-0.3, -0.25) is 4.79 Å². The largest absolute Gasteiger partial charge is 0.494 e. The standard InChI is InChI=1S/C16H24N2O3/c1-3-21-15-7-5-4-6-14(15)12-17-13(2)16(19)18-8-10-20-11-9-18/h4-7,13,17H,3,8-12H2,1-2H3. The van der Waals surface area contributed by atoms with Crippen molar-refractivity contribution in [1.29, 1.82) is 0 Å². The molecule has 1 unspecified atom stereocenters. The fraction of sp³-hybridized carbons (Fsp3) is 0.562. The van der Waals surface area contributed by atoms with Gasteiger partial charge in [-0.05, 0) is 19.9 Å². The maximum Gasteiger partial charge on any atom is 0.239 e. The van der Waals surface area contributed by atoms with Gasteiger partial charge in [0.2, 0.25) is 5.91 Å². The summed E-state index contributed by atoms with van der Waals surface area (Å²) in [5.74, 6) is 1.01. The predicted octanol–water partition coefficient (Wildman–Crippen LogP) is 1.42. The number of rotatable bonds is 6. The van der Waals surface area contributed by atoms with E-state index in [0.717, 1.165) is 11.3 Å². The average molecular weight is 292 g/mol. The topological polar surface area (TPSA) is 50.8 Å². The van der Waals surface area contributed by atoms with Gasteiger partial charge in [0, 0.05) is 25.2 Å². The molecule has 1 N–H and O–H groups in total. The Morgan fingerprint density at radius 2 is 2.10 bits per heavy atom. The summed E-state index contributed by atoms with van der Waals surface area (Å²) < 4.78 is 10.9. The van der Waals surface area contributed by atoms with Gasteiger partial charge in [-0.25, -0.2) is 0 Å². The number of carbonyl (C=O) groups is 1. The maximum absolute atomic E-state index is 12.3. The van der Waals surface area contributed by atoms with E-state index >= 15 is 0 Å². The average Bonchev–Trinajstić information content (AvgIpc) is 2.54. The van der Waals surface area contributed by atoms with Crippen LogP contribution in [0.1, 0.15) is 19.4 Å². The van der Waals surface area contributed by atoms with E-state index < -0.39 is 0 Å². The van der Waals surface area contributed by atoms with Gasteiger partial charge in [0.1, 0.15) is 5.75 Å². The summed E-state index contributed by atoms with van der Waals surface area (Å²) in [4.78, 5) is 14.2. The summed E-state index contributed by atoms with van der Waals surface area (Å²) in [6, 6.07) is 7.70. The number of carbonyl (C=O) groups excluding carboxylic acids is 1. The van der Waals surface area contributed by atoms with E-state index in [4.69, 9.17) is 9.47 Å². The summed E-state index contributed by atoms with van der Waals surface area (Å²) in [5.41, 5.74) is 1.07. The number of hydrogen-bond donors (Lipinski definition) is 1. The molecule has 1 aliphatic rings. The van der Waals surface area contributed by atoms with Gasteiger partial charge in [0.05, 0.1) is 25.9 Å². The van der Waals surface area contributed by atoms with Crippen LogP contribution < -0.4 is 10.1 Å². The SMILES string of the molecule is CCOc1ccccc1CNC(C)C(=O)N1CCOCC1. The van der Waals surface area contributed by atoms with Crippen molar-refractivity contribution >= 4 is 5.91 Å². The molecule has 1 aromatic carbocycles. The predicted molar refractivity (Wildman–Crippen MR) is 81.3 cm³/mol. The van der Waals surface area contributed by atoms with Crippen molar-refractivity contribution in [1.82, 2.24) is 10.2 Å². The molecule has 1 fully saturated rings. The second kappa shape index (κ2) is 8.00. The van der Waals surface area contributed by atoms with E-state index in [1.54, 1.807) is 0 Å². The highest BCUT2D eigenvalue weighted by Crippen LogP contribution is 2.17. The zero-order valence-electron chi connectivity index (χ0n) is 12.8.